The van der Waals surface area contributed by atoms with Crippen LogP contribution in [0.25, 0.3) is 0 Å². The number of halogens is 1. The first-order valence-corrected chi connectivity index (χ1v) is 5.49. The average molecular weight is 268 g/mol. The summed E-state index contributed by atoms with van der Waals surface area (Å²) in [4.78, 5) is 14.1. The molecule has 0 aliphatic carbocycles. The Kier molecular flexibility index (Phi) is 3.47. The Balaban J connectivity index is 2.06. The van der Waals surface area contributed by atoms with Crippen LogP contribution in [0.4, 0.5) is 5.82 Å². The van der Waals surface area contributed by atoms with Crippen molar-refractivity contribution in [1.82, 2.24) is 9.55 Å². The largest absolute Gasteiger partial charge is 0.483 e. The lowest BCUT2D eigenvalue weighted by Gasteiger charge is -2.04. The molecule has 0 fully saturated rings. The molecule has 2 rings (SSSR count). The van der Waals surface area contributed by atoms with E-state index in [9.17, 15) is 10.1 Å². The molecule has 0 atom stereocenters. The summed E-state index contributed by atoms with van der Waals surface area (Å²) < 4.78 is 6.84. The van der Waals surface area contributed by atoms with E-state index in [1.165, 1.54) is 10.8 Å². The van der Waals surface area contributed by atoms with Crippen LogP contribution < -0.4 is 4.74 Å². The van der Waals surface area contributed by atoms with Crippen LogP contribution in [0.2, 0.25) is 5.02 Å². The molecule has 7 heteroatoms. The maximum absolute atomic E-state index is 10.6. The van der Waals surface area contributed by atoms with Crippen molar-refractivity contribution in [2.45, 2.75) is 6.61 Å². The Labute approximate surface area is 108 Å². The summed E-state index contributed by atoms with van der Waals surface area (Å²) in [5, 5.41) is 11.3. The molecule has 0 unspecified atom stereocenters. The zero-order valence-electron chi connectivity index (χ0n) is 9.54. The van der Waals surface area contributed by atoms with Crippen LogP contribution in [-0.4, -0.2) is 14.5 Å². The molecular formula is C11H10ClN3O3. The van der Waals surface area contributed by atoms with Crippen LogP contribution in [0.5, 0.6) is 5.75 Å². The quantitative estimate of drug-likeness (QED) is 0.630. The molecule has 1 aromatic carbocycles. The first kappa shape index (κ1) is 12.4. The van der Waals surface area contributed by atoms with Gasteiger partial charge in [0.2, 0.25) is 5.82 Å². The fraction of sp³-hybridized carbons (Fsp3) is 0.182. The van der Waals surface area contributed by atoms with Crippen LogP contribution >= 0.6 is 11.6 Å². The summed E-state index contributed by atoms with van der Waals surface area (Å²) in [5.41, 5.74) is 0. The van der Waals surface area contributed by atoms with Gasteiger partial charge in [0.05, 0.1) is 7.05 Å². The van der Waals surface area contributed by atoms with E-state index in [0.29, 0.717) is 16.6 Å². The van der Waals surface area contributed by atoms with E-state index in [1.54, 1.807) is 31.3 Å². The van der Waals surface area contributed by atoms with Crippen LogP contribution in [0.3, 0.4) is 0 Å². The molecule has 6 nitrogen and oxygen atoms in total. The van der Waals surface area contributed by atoms with Gasteiger partial charge in [0.25, 0.3) is 0 Å². The van der Waals surface area contributed by atoms with E-state index in [1.807, 2.05) is 0 Å². The molecule has 0 aliphatic heterocycles. The second-order valence-corrected chi connectivity index (χ2v) is 4.03. The highest BCUT2D eigenvalue weighted by Gasteiger charge is 2.16. The number of imidazole rings is 1. The fourth-order valence-corrected chi connectivity index (χ4v) is 1.55. The Morgan fingerprint density at radius 3 is 2.67 bits per heavy atom. The average Bonchev–Trinajstić information content (AvgIpc) is 2.70. The van der Waals surface area contributed by atoms with E-state index < -0.39 is 4.92 Å². The van der Waals surface area contributed by atoms with Crippen LogP contribution in [0.1, 0.15) is 5.82 Å². The molecule has 1 aromatic heterocycles. The molecule has 0 spiro atoms. The Morgan fingerprint density at radius 2 is 2.11 bits per heavy atom. The number of benzene rings is 1. The third-order valence-electron chi connectivity index (χ3n) is 2.43. The van der Waals surface area contributed by atoms with Gasteiger partial charge in [-0.15, -0.1) is 0 Å². The summed E-state index contributed by atoms with van der Waals surface area (Å²) in [7, 11) is 1.58. The van der Waals surface area contributed by atoms with Crippen molar-refractivity contribution < 1.29 is 9.66 Å². The van der Waals surface area contributed by atoms with Gasteiger partial charge in [0.1, 0.15) is 11.9 Å². The number of ether oxygens (including phenoxy) is 1. The lowest BCUT2D eigenvalue weighted by atomic mass is 10.3. The molecule has 0 radical (unpaired) electrons. The SMILES string of the molecule is Cn1c([N+](=O)[O-])cnc1COc1ccc(Cl)cc1. The highest BCUT2D eigenvalue weighted by Crippen LogP contribution is 2.18. The monoisotopic (exact) mass is 267 g/mol. The Morgan fingerprint density at radius 1 is 1.44 bits per heavy atom. The maximum Gasteiger partial charge on any atom is 0.342 e. The number of hydrogen-bond acceptors (Lipinski definition) is 4. The Bertz CT molecular complexity index is 565. The molecule has 0 amide bonds. The summed E-state index contributed by atoms with van der Waals surface area (Å²) in [6.07, 6.45) is 1.21. The molecule has 0 bridgehead atoms. The van der Waals surface area contributed by atoms with E-state index >= 15 is 0 Å². The van der Waals surface area contributed by atoms with Gasteiger partial charge in [-0.25, -0.2) is 9.55 Å². The van der Waals surface area contributed by atoms with E-state index in [4.69, 9.17) is 16.3 Å². The lowest BCUT2D eigenvalue weighted by molar-refractivity contribution is -0.391. The van der Waals surface area contributed by atoms with Gasteiger partial charge >= 0.3 is 5.82 Å². The number of rotatable bonds is 4. The number of nitrogens with zero attached hydrogens (tertiary/aromatic N) is 3. The minimum atomic E-state index is -0.487. The van der Waals surface area contributed by atoms with E-state index in [0.717, 1.165) is 0 Å². The zero-order chi connectivity index (χ0) is 13.1. The van der Waals surface area contributed by atoms with Crippen LogP contribution in [-0.2, 0) is 13.7 Å². The van der Waals surface area contributed by atoms with Crippen molar-refractivity contribution >= 4 is 17.4 Å². The van der Waals surface area contributed by atoms with Crippen molar-refractivity contribution in [3.05, 3.63) is 51.4 Å². The number of nitro groups is 1. The predicted octanol–water partition coefficient (Wildman–Crippen LogP) is 2.56. The van der Waals surface area contributed by atoms with Gasteiger partial charge in [-0.1, -0.05) is 11.6 Å². The molecule has 0 saturated carbocycles. The number of hydrogen-bond donors (Lipinski definition) is 0. The van der Waals surface area contributed by atoms with Crippen molar-refractivity contribution in [1.29, 1.82) is 0 Å². The predicted molar refractivity (Wildman–Crippen MR) is 65.6 cm³/mol. The van der Waals surface area contributed by atoms with Crippen molar-refractivity contribution in [2.24, 2.45) is 7.05 Å². The summed E-state index contributed by atoms with van der Waals surface area (Å²) in [6, 6.07) is 6.86. The minimum Gasteiger partial charge on any atom is -0.483 e. The molecule has 2 aromatic rings. The second-order valence-electron chi connectivity index (χ2n) is 3.59. The van der Waals surface area contributed by atoms with Crippen LogP contribution in [0.15, 0.2) is 30.5 Å². The molecule has 0 saturated heterocycles. The molecule has 94 valence electrons. The Hall–Kier alpha value is -2.08. The van der Waals surface area contributed by atoms with Gasteiger partial charge in [0, 0.05) is 5.02 Å². The molecule has 0 N–H and O–H groups in total. The standard InChI is InChI=1S/C11H10ClN3O3/c1-14-10(13-6-11(14)15(16)17)7-18-9-4-2-8(12)3-5-9/h2-6H,7H2,1H3. The summed E-state index contributed by atoms with van der Waals surface area (Å²) in [6.45, 7) is 0.159. The van der Waals surface area contributed by atoms with Gasteiger partial charge in [-0.05, 0) is 29.2 Å². The maximum atomic E-state index is 10.6. The van der Waals surface area contributed by atoms with Gasteiger partial charge in [-0.3, -0.25) is 0 Å². The first-order valence-electron chi connectivity index (χ1n) is 5.11. The minimum absolute atomic E-state index is 0.0651. The van der Waals surface area contributed by atoms with Gasteiger partial charge in [0.15, 0.2) is 6.61 Å². The third-order valence-corrected chi connectivity index (χ3v) is 2.68. The van der Waals surface area contributed by atoms with Gasteiger partial charge < -0.3 is 14.9 Å². The fourth-order valence-electron chi connectivity index (χ4n) is 1.42. The topological polar surface area (TPSA) is 70.2 Å². The molecule has 1 heterocycles. The lowest BCUT2D eigenvalue weighted by Crippen LogP contribution is -2.05. The zero-order valence-corrected chi connectivity index (χ0v) is 10.3. The second kappa shape index (κ2) is 5.05. The number of aromatic nitrogens is 2. The van der Waals surface area contributed by atoms with Crippen molar-refractivity contribution in [3.8, 4) is 5.75 Å². The van der Waals surface area contributed by atoms with Crippen molar-refractivity contribution in [2.75, 3.05) is 0 Å². The van der Waals surface area contributed by atoms with E-state index in [-0.39, 0.29) is 12.4 Å². The molecule has 0 aliphatic rings. The highest BCUT2D eigenvalue weighted by atomic mass is 35.5. The summed E-state index contributed by atoms with van der Waals surface area (Å²) in [5.74, 6) is 1.05. The van der Waals surface area contributed by atoms with E-state index in [2.05, 4.69) is 4.98 Å². The smallest absolute Gasteiger partial charge is 0.342 e. The normalized spacial score (nSPS) is 10.3. The molecule has 18 heavy (non-hydrogen) atoms. The highest BCUT2D eigenvalue weighted by molar-refractivity contribution is 6.30. The van der Waals surface area contributed by atoms with Crippen molar-refractivity contribution in [3.63, 3.8) is 0 Å². The first-order chi connectivity index (χ1) is 8.58. The third kappa shape index (κ3) is 2.60. The van der Waals surface area contributed by atoms with Gasteiger partial charge in [-0.2, -0.15) is 0 Å². The van der Waals surface area contributed by atoms with Crippen LogP contribution in [0, 0.1) is 10.1 Å². The summed E-state index contributed by atoms with van der Waals surface area (Å²) >= 11 is 5.75. The molecular weight excluding hydrogens is 258 g/mol.